The van der Waals surface area contributed by atoms with Crippen LogP contribution in [0.1, 0.15) is 23.5 Å². The van der Waals surface area contributed by atoms with Gasteiger partial charge in [0.1, 0.15) is 17.5 Å². The van der Waals surface area contributed by atoms with E-state index < -0.39 is 34.7 Å². The van der Waals surface area contributed by atoms with Crippen LogP contribution in [-0.4, -0.2) is 5.91 Å². The Morgan fingerprint density at radius 3 is 2.08 bits per heavy atom. The second kappa shape index (κ2) is 6.59. The van der Waals surface area contributed by atoms with Gasteiger partial charge in [-0.25, -0.2) is 13.2 Å². The monoisotopic (exact) mass is 343 g/mol. The quantitative estimate of drug-likeness (QED) is 0.884. The average Bonchev–Trinajstić information content (AvgIpc) is 2.56. The lowest BCUT2D eigenvalue weighted by atomic mass is 9.63. The minimum Gasteiger partial charge on any atom is -0.370 e. The molecule has 128 valence electrons. The third-order valence-electron chi connectivity index (χ3n) is 4.49. The molecule has 0 saturated heterocycles. The van der Waals surface area contributed by atoms with Crippen molar-refractivity contribution < 1.29 is 18.0 Å². The van der Waals surface area contributed by atoms with Gasteiger partial charge in [0.05, 0.1) is 0 Å². The van der Waals surface area contributed by atoms with Crippen LogP contribution in [0.2, 0.25) is 0 Å². The Morgan fingerprint density at radius 2 is 1.52 bits per heavy atom. The van der Waals surface area contributed by atoms with Crippen molar-refractivity contribution in [1.29, 1.82) is 0 Å². The summed E-state index contributed by atoms with van der Waals surface area (Å²) in [5, 5.41) is 0. The van der Waals surface area contributed by atoms with Crippen LogP contribution >= 0.6 is 0 Å². The smallest absolute Gasteiger partial charge is 0.218 e. The number of benzene rings is 2. The summed E-state index contributed by atoms with van der Waals surface area (Å²) in [5.74, 6) is -2.83. The molecule has 5 heteroatoms. The molecule has 0 bridgehead atoms. The molecule has 0 saturated carbocycles. The molecule has 2 unspecified atom stereocenters. The highest BCUT2D eigenvalue weighted by molar-refractivity contribution is 5.77. The summed E-state index contributed by atoms with van der Waals surface area (Å²) in [6.45, 7) is 0. The summed E-state index contributed by atoms with van der Waals surface area (Å²) < 4.78 is 41.5. The molecular weight excluding hydrogens is 327 g/mol. The van der Waals surface area contributed by atoms with Crippen molar-refractivity contribution in [3.63, 3.8) is 0 Å². The van der Waals surface area contributed by atoms with Gasteiger partial charge in [0.2, 0.25) is 5.91 Å². The first-order valence-corrected chi connectivity index (χ1v) is 7.77. The fourth-order valence-electron chi connectivity index (χ4n) is 3.44. The van der Waals surface area contributed by atoms with Gasteiger partial charge in [0.15, 0.2) is 0 Å². The predicted molar refractivity (Wildman–Crippen MR) is 89.4 cm³/mol. The van der Waals surface area contributed by atoms with Gasteiger partial charge in [-0.2, -0.15) is 0 Å². The van der Waals surface area contributed by atoms with E-state index in [0.29, 0.717) is 11.1 Å². The molecule has 2 nitrogen and oxygen atoms in total. The van der Waals surface area contributed by atoms with Gasteiger partial charge in [-0.1, -0.05) is 36.4 Å². The molecule has 0 aromatic heterocycles. The average molecular weight is 343 g/mol. The number of hydrogen-bond donors (Lipinski definition) is 1. The standard InChI is InChI=1S/C20H16F3NO/c21-15-7-3-13(4-8-15)19-17(23)2-1-11-20(19,12-18(24)25)14-5-9-16(22)10-6-14/h1-11,19H,12H2,(H2,24,25). The Labute approximate surface area is 143 Å². The van der Waals surface area contributed by atoms with Crippen LogP contribution < -0.4 is 5.73 Å². The number of allylic oxidation sites excluding steroid dienone is 4. The van der Waals surface area contributed by atoms with Crippen LogP contribution in [0.4, 0.5) is 13.2 Å². The molecule has 2 atom stereocenters. The summed E-state index contributed by atoms with van der Waals surface area (Å²) in [7, 11) is 0. The van der Waals surface area contributed by atoms with E-state index in [4.69, 9.17) is 5.73 Å². The molecule has 2 aromatic rings. The highest BCUT2D eigenvalue weighted by Gasteiger charge is 2.44. The molecule has 0 radical (unpaired) electrons. The molecule has 25 heavy (non-hydrogen) atoms. The summed E-state index contributed by atoms with van der Waals surface area (Å²) in [6.07, 6.45) is 4.35. The first-order valence-electron chi connectivity index (χ1n) is 7.77. The number of amides is 1. The summed E-state index contributed by atoms with van der Waals surface area (Å²) in [6, 6.07) is 11.0. The molecule has 3 rings (SSSR count). The van der Waals surface area contributed by atoms with Crippen molar-refractivity contribution in [3.8, 4) is 0 Å². The maximum absolute atomic E-state index is 14.8. The van der Waals surface area contributed by atoms with E-state index in [0.717, 1.165) is 0 Å². The van der Waals surface area contributed by atoms with Crippen LogP contribution in [0, 0.1) is 11.6 Å². The van der Waals surface area contributed by atoms with E-state index in [1.54, 1.807) is 6.08 Å². The molecule has 0 heterocycles. The van der Waals surface area contributed by atoms with Gasteiger partial charge in [-0.15, -0.1) is 0 Å². The van der Waals surface area contributed by atoms with Crippen molar-refractivity contribution >= 4 is 5.91 Å². The van der Waals surface area contributed by atoms with E-state index in [9.17, 15) is 18.0 Å². The summed E-state index contributed by atoms with van der Waals surface area (Å²) >= 11 is 0. The Hall–Kier alpha value is -2.82. The summed E-state index contributed by atoms with van der Waals surface area (Å²) in [4.78, 5) is 11.8. The lowest BCUT2D eigenvalue weighted by Crippen LogP contribution is -2.38. The van der Waals surface area contributed by atoms with E-state index in [1.807, 2.05) is 0 Å². The lowest BCUT2D eigenvalue weighted by molar-refractivity contribution is -0.119. The molecule has 1 aliphatic carbocycles. The molecule has 0 spiro atoms. The zero-order valence-electron chi connectivity index (χ0n) is 13.3. The predicted octanol–water partition coefficient (Wildman–Crippen LogP) is 4.29. The van der Waals surface area contributed by atoms with Gasteiger partial charge in [-0.05, 0) is 41.5 Å². The summed E-state index contributed by atoms with van der Waals surface area (Å²) in [5.41, 5.74) is 5.38. The number of rotatable bonds is 4. The van der Waals surface area contributed by atoms with Gasteiger partial charge in [0.25, 0.3) is 0 Å². The first kappa shape index (κ1) is 17.0. The van der Waals surface area contributed by atoms with Crippen molar-refractivity contribution in [2.24, 2.45) is 5.73 Å². The largest absolute Gasteiger partial charge is 0.370 e. The number of halogens is 3. The van der Waals surface area contributed by atoms with Crippen LogP contribution in [-0.2, 0) is 10.2 Å². The Balaban J connectivity index is 2.20. The topological polar surface area (TPSA) is 43.1 Å². The second-order valence-electron chi connectivity index (χ2n) is 6.09. The van der Waals surface area contributed by atoms with Crippen molar-refractivity contribution in [2.75, 3.05) is 0 Å². The Morgan fingerprint density at radius 1 is 0.960 bits per heavy atom. The zero-order chi connectivity index (χ0) is 18.0. The van der Waals surface area contributed by atoms with Gasteiger partial charge in [0, 0.05) is 17.8 Å². The number of hydrogen-bond acceptors (Lipinski definition) is 1. The highest BCUT2D eigenvalue weighted by atomic mass is 19.1. The molecule has 1 aliphatic rings. The maximum atomic E-state index is 14.8. The number of nitrogens with two attached hydrogens (primary N) is 1. The van der Waals surface area contributed by atoms with Crippen LogP contribution in [0.5, 0.6) is 0 Å². The van der Waals surface area contributed by atoms with Crippen LogP contribution in [0.25, 0.3) is 0 Å². The van der Waals surface area contributed by atoms with E-state index in [-0.39, 0.29) is 6.42 Å². The Bertz CT molecular complexity index is 840. The van der Waals surface area contributed by atoms with E-state index in [1.165, 1.54) is 60.7 Å². The normalized spacial score (nSPS) is 22.5. The number of carbonyl (C=O) groups excluding carboxylic acids is 1. The van der Waals surface area contributed by atoms with Crippen LogP contribution in [0.15, 0.2) is 72.6 Å². The fourth-order valence-corrected chi connectivity index (χ4v) is 3.44. The van der Waals surface area contributed by atoms with Gasteiger partial charge in [-0.3, -0.25) is 4.79 Å². The van der Waals surface area contributed by atoms with E-state index in [2.05, 4.69) is 0 Å². The third-order valence-corrected chi connectivity index (χ3v) is 4.49. The zero-order valence-corrected chi connectivity index (χ0v) is 13.3. The molecular formula is C20H16F3NO. The maximum Gasteiger partial charge on any atom is 0.218 e. The molecule has 1 amide bonds. The molecule has 2 N–H and O–H groups in total. The number of primary amides is 1. The SMILES string of the molecule is NC(=O)CC1(c2ccc(F)cc2)C=CC=C(F)C1c1ccc(F)cc1. The first-order chi connectivity index (χ1) is 11.9. The van der Waals surface area contributed by atoms with Gasteiger partial charge < -0.3 is 5.73 Å². The van der Waals surface area contributed by atoms with Crippen LogP contribution in [0.3, 0.4) is 0 Å². The fraction of sp³-hybridized carbons (Fsp3) is 0.150. The van der Waals surface area contributed by atoms with Gasteiger partial charge >= 0.3 is 0 Å². The van der Waals surface area contributed by atoms with E-state index >= 15 is 0 Å². The lowest BCUT2D eigenvalue weighted by Gasteiger charge is -2.39. The molecule has 0 fully saturated rings. The minimum absolute atomic E-state index is 0.168. The highest BCUT2D eigenvalue weighted by Crippen LogP contribution is 2.49. The molecule has 0 aliphatic heterocycles. The minimum atomic E-state index is -1.11. The molecule has 2 aromatic carbocycles. The van der Waals surface area contributed by atoms with Crippen molar-refractivity contribution in [3.05, 3.63) is 95.3 Å². The number of carbonyl (C=O) groups is 1. The Kier molecular flexibility index (Phi) is 4.49. The second-order valence-corrected chi connectivity index (χ2v) is 6.09. The van der Waals surface area contributed by atoms with Crippen molar-refractivity contribution in [2.45, 2.75) is 17.8 Å². The van der Waals surface area contributed by atoms with Crippen molar-refractivity contribution in [1.82, 2.24) is 0 Å². The third kappa shape index (κ3) is 3.22.